The van der Waals surface area contributed by atoms with Crippen molar-refractivity contribution in [3.05, 3.63) is 182 Å². The molecule has 11 rings (SSSR count). The second-order valence-corrected chi connectivity index (χ2v) is 14.3. The summed E-state index contributed by atoms with van der Waals surface area (Å²) in [5, 5.41) is 27.5. The number of hydrogen-bond acceptors (Lipinski definition) is 5. The highest BCUT2D eigenvalue weighted by molar-refractivity contribution is 6.21. The molecule has 0 radical (unpaired) electrons. The third kappa shape index (κ3) is 5.30. The Labute approximate surface area is 327 Å². The molecular weight excluding hydrogens is 701 g/mol. The quantitative estimate of drug-likeness (QED) is 0.172. The Hall–Kier alpha value is -7.83. The van der Waals surface area contributed by atoms with Crippen LogP contribution in [0.3, 0.4) is 0 Å². The molecule has 0 saturated heterocycles. The molecule has 0 aliphatic rings. The number of imidazole rings is 1. The summed E-state index contributed by atoms with van der Waals surface area (Å²) in [5.74, 6) is 1.16. The summed E-state index contributed by atoms with van der Waals surface area (Å²) in [4.78, 5) is 15.2. The molecular formula is C51H32N4O2. The van der Waals surface area contributed by atoms with Gasteiger partial charge in [-0.05, 0) is 87.3 Å². The molecule has 0 aliphatic heterocycles. The topological polar surface area (TPSA) is 84.1 Å². The van der Waals surface area contributed by atoms with Gasteiger partial charge in [0.1, 0.15) is 28.4 Å². The van der Waals surface area contributed by atoms with Gasteiger partial charge in [0.2, 0.25) is 0 Å². The first-order chi connectivity index (χ1) is 28.1. The fourth-order valence-electron chi connectivity index (χ4n) is 8.32. The summed E-state index contributed by atoms with van der Waals surface area (Å²) in [7, 11) is 0. The van der Waals surface area contributed by atoms with Crippen LogP contribution in [-0.2, 0) is 0 Å². The van der Waals surface area contributed by atoms with E-state index in [0.717, 1.165) is 94.1 Å². The number of aromatic hydroxyl groups is 2. The molecule has 11 aromatic rings. The van der Waals surface area contributed by atoms with Gasteiger partial charge in [-0.2, -0.15) is 0 Å². The Morgan fingerprint density at radius 1 is 0.386 bits per heavy atom. The first kappa shape index (κ1) is 32.6. The van der Waals surface area contributed by atoms with Crippen molar-refractivity contribution in [3.8, 4) is 62.2 Å². The van der Waals surface area contributed by atoms with Crippen molar-refractivity contribution in [1.29, 1.82) is 0 Å². The lowest BCUT2D eigenvalue weighted by Gasteiger charge is -2.18. The van der Waals surface area contributed by atoms with Crippen LogP contribution in [0, 0.1) is 0 Å². The minimum atomic E-state index is 0.140. The summed E-state index contributed by atoms with van der Waals surface area (Å²) in [5.41, 5.74) is 10.7. The van der Waals surface area contributed by atoms with Gasteiger partial charge in [-0.15, -0.1) is 0 Å². The van der Waals surface area contributed by atoms with Gasteiger partial charge in [0.15, 0.2) is 0 Å². The molecule has 3 heterocycles. The number of fused-ring (bicyclic) bond motifs is 5. The monoisotopic (exact) mass is 732 g/mol. The lowest BCUT2D eigenvalue weighted by Crippen LogP contribution is -1.97. The SMILES string of the molecule is Oc1cccc2ccc(-c3c4ccccc4c(-c4ccc5cccc(O)c5n4)c4cc(-c5ccc(-c6nc7ccccc7n6-c6ccccc6)cc5)ccc34)nc12. The maximum Gasteiger partial charge on any atom is 0.145 e. The van der Waals surface area contributed by atoms with Crippen LogP contribution >= 0.6 is 0 Å². The molecule has 2 N–H and O–H groups in total. The van der Waals surface area contributed by atoms with E-state index in [1.807, 2.05) is 72.8 Å². The maximum atomic E-state index is 10.9. The molecule has 0 amide bonds. The number of phenolic OH excluding ortho intramolecular Hbond substituents is 2. The molecule has 3 aromatic heterocycles. The number of benzene rings is 8. The molecule has 0 unspecified atom stereocenters. The second-order valence-electron chi connectivity index (χ2n) is 14.3. The van der Waals surface area contributed by atoms with E-state index >= 15 is 0 Å². The van der Waals surface area contributed by atoms with Gasteiger partial charge in [0.05, 0.1) is 22.4 Å². The number of rotatable bonds is 5. The van der Waals surface area contributed by atoms with Gasteiger partial charge in [-0.25, -0.2) is 15.0 Å². The van der Waals surface area contributed by atoms with Crippen molar-refractivity contribution in [3.63, 3.8) is 0 Å². The van der Waals surface area contributed by atoms with Crippen LogP contribution in [0.25, 0.3) is 105 Å². The van der Waals surface area contributed by atoms with Crippen LogP contribution in [0.4, 0.5) is 0 Å². The molecule has 0 saturated carbocycles. The van der Waals surface area contributed by atoms with Crippen molar-refractivity contribution >= 4 is 54.4 Å². The Morgan fingerprint density at radius 3 is 1.60 bits per heavy atom. The van der Waals surface area contributed by atoms with E-state index in [-0.39, 0.29) is 11.5 Å². The molecule has 57 heavy (non-hydrogen) atoms. The van der Waals surface area contributed by atoms with E-state index in [9.17, 15) is 10.2 Å². The lowest BCUT2D eigenvalue weighted by atomic mass is 9.87. The number of nitrogens with zero attached hydrogens (tertiary/aromatic N) is 4. The molecule has 8 aromatic carbocycles. The van der Waals surface area contributed by atoms with Crippen LogP contribution in [0.5, 0.6) is 11.5 Å². The minimum Gasteiger partial charge on any atom is -0.506 e. The summed E-state index contributed by atoms with van der Waals surface area (Å²) in [6.45, 7) is 0. The summed E-state index contributed by atoms with van der Waals surface area (Å²) < 4.78 is 2.22. The van der Waals surface area contributed by atoms with Crippen molar-refractivity contribution < 1.29 is 10.2 Å². The van der Waals surface area contributed by atoms with E-state index in [0.29, 0.717) is 11.0 Å². The van der Waals surface area contributed by atoms with E-state index in [2.05, 4.69) is 102 Å². The van der Waals surface area contributed by atoms with Gasteiger partial charge in [-0.3, -0.25) is 4.57 Å². The zero-order chi connectivity index (χ0) is 38.0. The first-order valence-corrected chi connectivity index (χ1v) is 18.9. The predicted octanol–water partition coefficient (Wildman–Crippen LogP) is 12.5. The van der Waals surface area contributed by atoms with E-state index in [1.165, 1.54) is 0 Å². The lowest BCUT2D eigenvalue weighted by molar-refractivity contribution is 0.480. The van der Waals surface area contributed by atoms with Crippen LogP contribution in [-0.4, -0.2) is 29.7 Å². The molecule has 0 spiro atoms. The van der Waals surface area contributed by atoms with Crippen molar-refractivity contribution in [2.24, 2.45) is 0 Å². The van der Waals surface area contributed by atoms with Crippen LogP contribution in [0.15, 0.2) is 182 Å². The fourth-order valence-corrected chi connectivity index (χ4v) is 8.32. The van der Waals surface area contributed by atoms with Crippen molar-refractivity contribution in [2.75, 3.05) is 0 Å². The third-order valence-corrected chi connectivity index (χ3v) is 11.0. The molecule has 268 valence electrons. The molecule has 0 atom stereocenters. The van der Waals surface area contributed by atoms with Crippen molar-refractivity contribution in [1.82, 2.24) is 19.5 Å². The molecule has 6 heteroatoms. The van der Waals surface area contributed by atoms with Gasteiger partial charge in [0.25, 0.3) is 0 Å². The van der Waals surface area contributed by atoms with Gasteiger partial charge < -0.3 is 10.2 Å². The van der Waals surface area contributed by atoms with Gasteiger partial charge >= 0.3 is 0 Å². The Balaban J connectivity index is 1.14. The minimum absolute atomic E-state index is 0.140. The van der Waals surface area contributed by atoms with Gasteiger partial charge in [-0.1, -0.05) is 127 Å². The highest BCUT2D eigenvalue weighted by Crippen LogP contribution is 2.45. The number of aromatic nitrogens is 4. The largest absolute Gasteiger partial charge is 0.506 e. The second kappa shape index (κ2) is 12.9. The average molecular weight is 733 g/mol. The zero-order valence-electron chi connectivity index (χ0n) is 30.5. The predicted molar refractivity (Wildman–Crippen MR) is 232 cm³/mol. The summed E-state index contributed by atoms with van der Waals surface area (Å²) >= 11 is 0. The number of phenols is 2. The van der Waals surface area contributed by atoms with Crippen molar-refractivity contribution in [2.45, 2.75) is 0 Å². The van der Waals surface area contributed by atoms with Gasteiger partial charge in [0, 0.05) is 33.2 Å². The molecule has 6 nitrogen and oxygen atoms in total. The van der Waals surface area contributed by atoms with E-state index in [4.69, 9.17) is 15.0 Å². The third-order valence-electron chi connectivity index (χ3n) is 11.0. The standard InChI is InChI=1S/C51H32N4O2/c56-45-18-8-10-32-25-28-42(52-49(32)45)47-37-14-4-5-15-38(37)48(43-29-26-33-11-9-19-46(57)50(33)53-43)40-30-35(24-27-39(40)47)31-20-22-34(23-21-31)51-54-41-16-6-7-17-44(41)55(51)36-12-2-1-3-13-36/h1-30,56-57H. The highest BCUT2D eigenvalue weighted by atomic mass is 16.3. The number of para-hydroxylation sites is 5. The molecule has 0 fully saturated rings. The maximum absolute atomic E-state index is 10.9. The zero-order valence-corrected chi connectivity index (χ0v) is 30.5. The molecule has 0 bridgehead atoms. The smallest absolute Gasteiger partial charge is 0.145 e. The number of pyridine rings is 2. The van der Waals surface area contributed by atoms with E-state index in [1.54, 1.807) is 12.1 Å². The Morgan fingerprint density at radius 2 is 0.930 bits per heavy atom. The first-order valence-electron chi connectivity index (χ1n) is 18.9. The van der Waals surface area contributed by atoms with E-state index < -0.39 is 0 Å². The Bertz CT molecular complexity index is 3370. The summed E-state index contributed by atoms with van der Waals surface area (Å²) in [6.07, 6.45) is 0. The van der Waals surface area contributed by atoms with Crippen LogP contribution in [0.1, 0.15) is 0 Å². The summed E-state index contributed by atoms with van der Waals surface area (Å²) in [6, 6.07) is 61.2. The highest BCUT2D eigenvalue weighted by Gasteiger charge is 2.21. The number of hydrogen-bond donors (Lipinski definition) is 2. The fraction of sp³-hybridized carbons (Fsp3) is 0. The molecule has 0 aliphatic carbocycles. The van der Waals surface area contributed by atoms with Crippen LogP contribution < -0.4 is 0 Å². The Kier molecular flexibility index (Phi) is 7.37. The average Bonchev–Trinajstić information content (AvgIpc) is 3.66. The van der Waals surface area contributed by atoms with Crippen LogP contribution in [0.2, 0.25) is 0 Å². The normalized spacial score (nSPS) is 11.6.